The third-order valence-corrected chi connectivity index (χ3v) is 3.65. The molecule has 0 atom stereocenters. The first-order chi connectivity index (χ1) is 8.74. The van der Waals surface area contributed by atoms with E-state index in [0.717, 1.165) is 34.6 Å². The third kappa shape index (κ3) is 2.18. The highest BCUT2D eigenvalue weighted by Gasteiger charge is 2.16. The van der Waals surface area contributed by atoms with Crippen LogP contribution >= 0.6 is 22.6 Å². The second-order valence-electron chi connectivity index (χ2n) is 4.31. The predicted octanol–water partition coefficient (Wildman–Crippen LogP) is 0.824. The smallest absolute Gasteiger partial charge is 0.268 e. The molecule has 0 aromatic carbocycles. The summed E-state index contributed by atoms with van der Waals surface area (Å²) < 4.78 is 4.38. The van der Waals surface area contributed by atoms with Gasteiger partial charge in [0.05, 0.1) is 6.20 Å². The Bertz CT molecular complexity index is 633. The van der Waals surface area contributed by atoms with Crippen LogP contribution in [0.5, 0.6) is 0 Å². The van der Waals surface area contributed by atoms with E-state index in [9.17, 15) is 4.79 Å². The molecular weight excluding hydrogens is 345 g/mol. The fourth-order valence-electron chi connectivity index (χ4n) is 2.15. The average molecular weight is 357 g/mol. The maximum absolute atomic E-state index is 11.8. The number of halogens is 1. The fraction of sp³-hybridized carbons (Fsp3) is 0.455. The molecule has 2 aromatic heterocycles. The molecule has 3 heterocycles. The second kappa shape index (κ2) is 4.79. The van der Waals surface area contributed by atoms with Crippen LogP contribution in [0.2, 0.25) is 0 Å². The molecule has 0 saturated carbocycles. The minimum atomic E-state index is -0.102. The Hall–Kier alpha value is -1.25. The molecule has 18 heavy (non-hydrogen) atoms. The number of hydrogen-bond donors (Lipinski definition) is 0. The molecule has 0 bridgehead atoms. The topological polar surface area (TPSA) is 65.6 Å². The number of rotatable bonds is 2. The number of nitrogens with zero attached hydrogens (tertiary/aromatic N) is 5. The molecule has 0 radical (unpaired) electrons. The van der Waals surface area contributed by atoms with Gasteiger partial charge in [0, 0.05) is 22.6 Å². The van der Waals surface area contributed by atoms with Gasteiger partial charge in [-0.2, -0.15) is 5.10 Å². The molecule has 1 aliphatic rings. The summed E-state index contributed by atoms with van der Waals surface area (Å²) in [6.07, 6.45) is 4.96. The lowest BCUT2D eigenvalue weighted by Gasteiger charge is -2.14. The van der Waals surface area contributed by atoms with E-state index >= 15 is 0 Å². The third-order valence-electron chi connectivity index (χ3n) is 3.06. The molecular formula is C11H12IN5O. The van der Waals surface area contributed by atoms with E-state index in [1.807, 2.05) is 0 Å². The van der Waals surface area contributed by atoms with Crippen LogP contribution in [0.3, 0.4) is 0 Å². The summed E-state index contributed by atoms with van der Waals surface area (Å²) in [7, 11) is 0. The van der Waals surface area contributed by atoms with Crippen molar-refractivity contribution in [1.29, 1.82) is 0 Å². The normalized spacial score (nSPS) is 14.5. The van der Waals surface area contributed by atoms with Crippen LogP contribution in [0, 0.1) is 3.57 Å². The fourth-order valence-corrected chi connectivity index (χ4v) is 2.54. The van der Waals surface area contributed by atoms with Gasteiger partial charge in [-0.15, -0.1) is 10.2 Å². The van der Waals surface area contributed by atoms with Crippen LogP contribution in [0.15, 0.2) is 17.1 Å². The maximum atomic E-state index is 11.8. The van der Waals surface area contributed by atoms with E-state index in [4.69, 9.17) is 0 Å². The minimum Gasteiger partial charge on any atom is -0.313 e. The van der Waals surface area contributed by atoms with Crippen LogP contribution in [0.25, 0.3) is 0 Å². The average Bonchev–Trinajstić information content (AvgIpc) is 2.76. The van der Waals surface area contributed by atoms with Crippen LogP contribution in [0.1, 0.15) is 24.5 Å². The first-order valence-corrected chi connectivity index (χ1v) is 6.95. The summed E-state index contributed by atoms with van der Waals surface area (Å²) in [6.45, 7) is 1.33. The highest BCUT2D eigenvalue weighted by molar-refractivity contribution is 14.1. The zero-order valence-corrected chi connectivity index (χ0v) is 11.9. The van der Waals surface area contributed by atoms with Crippen LogP contribution in [-0.2, 0) is 19.5 Å². The Labute approximate surface area is 117 Å². The predicted molar refractivity (Wildman–Crippen MR) is 73.3 cm³/mol. The van der Waals surface area contributed by atoms with Crippen molar-refractivity contribution in [3.8, 4) is 0 Å². The van der Waals surface area contributed by atoms with Crippen LogP contribution in [-0.4, -0.2) is 24.5 Å². The van der Waals surface area contributed by atoms with E-state index in [1.54, 1.807) is 12.3 Å². The molecule has 94 valence electrons. The molecule has 1 aliphatic heterocycles. The molecule has 0 aliphatic carbocycles. The summed E-state index contributed by atoms with van der Waals surface area (Å²) in [5.74, 6) is 1.84. The van der Waals surface area contributed by atoms with Crippen molar-refractivity contribution < 1.29 is 0 Å². The summed E-state index contributed by atoms with van der Waals surface area (Å²) >= 11 is 2.08. The van der Waals surface area contributed by atoms with E-state index in [2.05, 4.69) is 42.5 Å². The van der Waals surface area contributed by atoms with Gasteiger partial charge in [0.1, 0.15) is 12.4 Å². The lowest BCUT2D eigenvalue weighted by molar-refractivity contribution is 0.491. The first-order valence-electron chi connectivity index (χ1n) is 5.87. The quantitative estimate of drug-likeness (QED) is 0.747. The summed E-state index contributed by atoms with van der Waals surface area (Å²) in [6, 6.07) is 1.57. The van der Waals surface area contributed by atoms with Crippen molar-refractivity contribution in [2.75, 3.05) is 0 Å². The summed E-state index contributed by atoms with van der Waals surface area (Å²) in [4.78, 5) is 11.8. The monoisotopic (exact) mass is 357 g/mol. The SMILES string of the molecule is O=c1cc(I)cnn1Cc1nnc2n1CCCC2. The molecule has 3 rings (SSSR count). The van der Waals surface area contributed by atoms with Gasteiger partial charge >= 0.3 is 0 Å². The van der Waals surface area contributed by atoms with Crippen molar-refractivity contribution >= 4 is 22.6 Å². The molecule has 2 aromatic rings. The molecule has 0 saturated heterocycles. The highest BCUT2D eigenvalue weighted by Crippen LogP contribution is 2.14. The Morgan fingerprint density at radius 3 is 3.06 bits per heavy atom. The van der Waals surface area contributed by atoms with E-state index in [-0.39, 0.29) is 5.56 Å². The van der Waals surface area contributed by atoms with Gasteiger partial charge in [0.2, 0.25) is 0 Å². The van der Waals surface area contributed by atoms with Gasteiger partial charge in [-0.3, -0.25) is 4.79 Å². The molecule has 0 unspecified atom stereocenters. The molecule has 6 nitrogen and oxygen atoms in total. The number of aryl methyl sites for hydroxylation is 1. The van der Waals surface area contributed by atoms with Crippen molar-refractivity contribution in [1.82, 2.24) is 24.5 Å². The number of hydrogen-bond acceptors (Lipinski definition) is 4. The lowest BCUT2D eigenvalue weighted by Crippen LogP contribution is -2.25. The molecule has 0 spiro atoms. The molecule has 0 fully saturated rings. The second-order valence-corrected chi connectivity index (χ2v) is 5.56. The van der Waals surface area contributed by atoms with Crippen molar-refractivity contribution in [3.05, 3.63) is 37.8 Å². The Morgan fingerprint density at radius 2 is 2.22 bits per heavy atom. The zero-order chi connectivity index (χ0) is 12.5. The number of aromatic nitrogens is 5. The Kier molecular flexibility index (Phi) is 3.14. The standard InChI is InChI=1S/C11H12IN5O/c12-8-5-11(18)17(13-6-8)7-10-15-14-9-3-1-2-4-16(9)10/h5-6H,1-4,7H2. The van der Waals surface area contributed by atoms with Gasteiger partial charge in [-0.05, 0) is 35.4 Å². The highest BCUT2D eigenvalue weighted by atomic mass is 127. The largest absolute Gasteiger partial charge is 0.313 e. The number of fused-ring (bicyclic) bond motifs is 1. The van der Waals surface area contributed by atoms with Gasteiger partial charge in [-0.25, -0.2) is 4.68 Å². The van der Waals surface area contributed by atoms with Crippen molar-refractivity contribution in [3.63, 3.8) is 0 Å². The lowest BCUT2D eigenvalue weighted by atomic mass is 10.2. The van der Waals surface area contributed by atoms with Gasteiger partial charge < -0.3 is 4.57 Å². The summed E-state index contributed by atoms with van der Waals surface area (Å²) in [5.41, 5.74) is -0.102. The summed E-state index contributed by atoms with van der Waals surface area (Å²) in [5, 5.41) is 12.5. The van der Waals surface area contributed by atoms with Crippen LogP contribution < -0.4 is 5.56 Å². The van der Waals surface area contributed by atoms with Gasteiger partial charge in [0.15, 0.2) is 5.82 Å². The minimum absolute atomic E-state index is 0.102. The Balaban J connectivity index is 1.93. The van der Waals surface area contributed by atoms with Crippen LogP contribution in [0.4, 0.5) is 0 Å². The first kappa shape index (κ1) is 11.8. The van der Waals surface area contributed by atoms with Gasteiger partial charge in [-0.1, -0.05) is 0 Å². The van der Waals surface area contributed by atoms with Crippen molar-refractivity contribution in [2.45, 2.75) is 32.4 Å². The zero-order valence-electron chi connectivity index (χ0n) is 9.71. The van der Waals surface area contributed by atoms with E-state index in [0.29, 0.717) is 6.54 Å². The van der Waals surface area contributed by atoms with Gasteiger partial charge in [0.25, 0.3) is 5.56 Å². The van der Waals surface area contributed by atoms with Crippen molar-refractivity contribution in [2.24, 2.45) is 0 Å². The molecule has 0 N–H and O–H groups in total. The van der Waals surface area contributed by atoms with E-state index < -0.39 is 0 Å². The maximum Gasteiger partial charge on any atom is 0.268 e. The van der Waals surface area contributed by atoms with E-state index in [1.165, 1.54) is 11.1 Å². The molecule has 7 heteroatoms. The Morgan fingerprint density at radius 1 is 1.33 bits per heavy atom. The molecule has 0 amide bonds.